The normalized spacial score (nSPS) is 34.2. The van der Waals surface area contributed by atoms with Crippen LogP contribution >= 0.6 is 0 Å². The molecule has 0 saturated carbocycles. The van der Waals surface area contributed by atoms with Crippen LogP contribution in [0.1, 0.15) is 40.5 Å². The van der Waals surface area contributed by atoms with E-state index in [9.17, 15) is 29.7 Å². The van der Waals surface area contributed by atoms with Crippen LogP contribution in [0.5, 0.6) is 5.75 Å². The van der Waals surface area contributed by atoms with Crippen LogP contribution in [0.25, 0.3) is 0 Å². The summed E-state index contributed by atoms with van der Waals surface area (Å²) in [7, 11) is 1.19. The molecule has 0 radical (unpaired) electrons. The smallest absolute Gasteiger partial charge is 0.308 e. The first-order chi connectivity index (χ1) is 11.7. The summed E-state index contributed by atoms with van der Waals surface area (Å²) in [5.74, 6) is -2.97. The summed E-state index contributed by atoms with van der Waals surface area (Å²) in [6.45, 7) is 1.32. The van der Waals surface area contributed by atoms with Gasteiger partial charge in [0.05, 0.1) is 31.3 Å². The SMILES string of the molecule is COC(=O)C[C@H]1C[C@@]2(O)C(=O)c3cccc(O)c3C(=O)[C@@]2(O)[C@H](C)O1. The first kappa shape index (κ1) is 17.5. The van der Waals surface area contributed by atoms with Gasteiger partial charge in [-0.2, -0.15) is 0 Å². The first-order valence-corrected chi connectivity index (χ1v) is 7.75. The number of methoxy groups -OCH3 is 1. The summed E-state index contributed by atoms with van der Waals surface area (Å²) in [5, 5.41) is 31.9. The van der Waals surface area contributed by atoms with Crippen molar-refractivity contribution < 1.29 is 39.2 Å². The van der Waals surface area contributed by atoms with Gasteiger partial charge in [-0.3, -0.25) is 14.4 Å². The highest BCUT2D eigenvalue weighted by Gasteiger charge is 2.69. The molecule has 0 unspecified atom stereocenters. The van der Waals surface area contributed by atoms with E-state index in [1.54, 1.807) is 0 Å². The van der Waals surface area contributed by atoms with E-state index < -0.39 is 53.1 Å². The van der Waals surface area contributed by atoms with Crippen LogP contribution in [0, 0.1) is 0 Å². The molecule has 1 saturated heterocycles. The van der Waals surface area contributed by atoms with Crippen molar-refractivity contribution in [2.45, 2.75) is 43.2 Å². The highest BCUT2D eigenvalue weighted by molar-refractivity contribution is 6.23. The lowest BCUT2D eigenvalue weighted by atomic mass is 9.61. The fourth-order valence-electron chi connectivity index (χ4n) is 3.67. The minimum atomic E-state index is -2.57. The number of aliphatic hydroxyl groups is 2. The van der Waals surface area contributed by atoms with Crippen LogP contribution in [0.4, 0.5) is 0 Å². The number of carbonyl (C=O) groups excluding carboxylic acids is 3. The highest BCUT2D eigenvalue weighted by Crippen LogP contribution is 2.48. The second-order valence-electron chi connectivity index (χ2n) is 6.37. The Morgan fingerprint density at radius 3 is 2.64 bits per heavy atom. The molecule has 0 aromatic heterocycles. The Balaban J connectivity index is 2.12. The molecular formula is C17H18O8. The summed E-state index contributed by atoms with van der Waals surface area (Å²) in [4.78, 5) is 37.2. The van der Waals surface area contributed by atoms with Crippen LogP contribution in [-0.2, 0) is 14.3 Å². The van der Waals surface area contributed by atoms with Crippen molar-refractivity contribution in [1.82, 2.24) is 0 Å². The van der Waals surface area contributed by atoms with Crippen molar-refractivity contribution in [1.29, 1.82) is 0 Å². The molecule has 2 aliphatic rings. The number of hydrogen-bond acceptors (Lipinski definition) is 8. The number of esters is 1. The quantitative estimate of drug-likeness (QED) is 0.634. The van der Waals surface area contributed by atoms with E-state index in [0.29, 0.717) is 0 Å². The van der Waals surface area contributed by atoms with Crippen LogP contribution in [0.15, 0.2) is 18.2 Å². The van der Waals surface area contributed by atoms with Gasteiger partial charge in [-0.15, -0.1) is 0 Å². The molecule has 1 aromatic rings. The third kappa shape index (κ3) is 2.21. The summed E-state index contributed by atoms with van der Waals surface area (Å²) in [6.07, 6.45) is -2.90. The first-order valence-electron chi connectivity index (χ1n) is 7.75. The number of phenols is 1. The highest BCUT2D eigenvalue weighted by atomic mass is 16.5. The summed E-state index contributed by atoms with van der Waals surface area (Å²) < 4.78 is 10.1. The van der Waals surface area contributed by atoms with Crippen molar-refractivity contribution in [3.8, 4) is 5.75 Å². The number of carbonyl (C=O) groups is 3. The van der Waals surface area contributed by atoms with E-state index in [0.717, 1.165) is 0 Å². The van der Waals surface area contributed by atoms with Gasteiger partial charge in [0, 0.05) is 12.0 Å². The van der Waals surface area contributed by atoms with Gasteiger partial charge in [-0.1, -0.05) is 12.1 Å². The van der Waals surface area contributed by atoms with Gasteiger partial charge in [0.25, 0.3) is 0 Å². The van der Waals surface area contributed by atoms with Gasteiger partial charge in [0.1, 0.15) is 5.75 Å². The summed E-state index contributed by atoms with van der Waals surface area (Å²) >= 11 is 0. The number of Topliss-reactive ketones (excluding diaryl/α,β-unsaturated/α-hetero) is 2. The van der Waals surface area contributed by atoms with E-state index in [1.165, 1.54) is 32.2 Å². The molecule has 1 aromatic carbocycles. The van der Waals surface area contributed by atoms with Crippen LogP contribution in [0.3, 0.4) is 0 Å². The Morgan fingerprint density at radius 2 is 2.00 bits per heavy atom. The zero-order valence-corrected chi connectivity index (χ0v) is 13.7. The molecule has 1 aliphatic carbocycles. The molecule has 8 heteroatoms. The van der Waals surface area contributed by atoms with E-state index in [1.807, 2.05) is 0 Å². The third-order valence-corrected chi connectivity index (χ3v) is 5.00. The molecule has 0 spiro atoms. The predicted octanol–water partition coefficient (Wildman–Crippen LogP) is -0.0261. The second-order valence-corrected chi connectivity index (χ2v) is 6.37. The average Bonchev–Trinajstić information content (AvgIpc) is 2.56. The summed E-state index contributed by atoms with van der Waals surface area (Å²) in [6, 6.07) is 3.87. The second kappa shape index (κ2) is 5.62. The zero-order valence-electron chi connectivity index (χ0n) is 13.7. The number of benzene rings is 1. The molecule has 3 N–H and O–H groups in total. The van der Waals surface area contributed by atoms with Gasteiger partial charge in [0.15, 0.2) is 17.0 Å². The molecule has 1 aliphatic heterocycles. The van der Waals surface area contributed by atoms with Crippen LogP contribution in [0.2, 0.25) is 0 Å². The lowest BCUT2D eigenvalue weighted by molar-refractivity contribution is -0.228. The predicted molar refractivity (Wildman–Crippen MR) is 82.3 cm³/mol. The number of ether oxygens (including phenoxy) is 2. The molecule has 0 bridgehead atoms. The average molecular weight is 350 g/mol. The largest absolute Gasteiger partial charge is 0.507 e. The third-order valence-electron chi connectivity index (χ3n) is 5.00. The lowest BCUT2D eigenvalue weighted by Crippen LogP contribution is -2.75. The Morgan fingerprint density at radius 1 is 1.32 bits per heavy atom. The molecule has 3 rings (SSSR count). The fraction of sp³-hybridized carbons (Fsp3) is 0.471. The molecule has 1 fully saturated rings. The number of hydrogen-bond donors (Lipinski definition) is 3. The number of phenolic OH excluding ortho intramolecular Hbond substituents is 1. The number of fused-ring (bicyclic) bond motifs is 2. The maximum atomic E-state index is 12.9. The van der Waals surface area contributed by atoms with Crippen molar-refractivity contribution >= 4 is 17.5 Å². The number of ketones is 2. The van der Waals surface area contributed by atoms with Gasteiger partial charge in [-0.25, -0.2) is 0 Å². The minimum Gasteiger partial charge on any atom is -0.507 e. The van der Waals surface area contributed by atoms with Gasteiger partial charge >= 0.3 is 5.97 Å². The molecule has 1 heterocycles. The Kier molecular flexibility index (Phi) is 3.94. The minimum absolute atomic E-state index is 0.178. The topological polar surface area (TPSA) is 130 Å². The molecule has 134 valence electrons. The van der Waals surface area contributed by atoms with Crippen molar-refractivity contribution in [3.05, 3.63) is 29.3 Å². The van der Waals surface area contributed by atoms with E-state index >= 15 is 0 Å². The number of aromatic hydroxyl groups is 1. The van der Waals surface area contributed by atoms with E-state index in [-0.39, 0.29) is 17.5 Å². The maximum Gasteiger partial charge on any atom is 0.308 e. The molecular weight excluding hydrogens is 332 g/mol. The van der Waals surface area contributed by atoms with Crippen LogP contribution < -0.4 is 0 Å². The molecule has 0 amide bonds. The lowest BCUT2D eigenvalue weighted by Gasteiger charge is -2.52. The Hall–Kier alpha value is -2.29. The number of rotatable bonds is 2. The molecule has 8 nitrogen and oxygen atoms in total. The van der Waals surface area contributed by atoms with Crippen molar-refractivity contribution in [2.75, 3.05) is 7.11 Å². The fourth-order valence-corrected chi connectivity index (χ4v) is 3.67. The van der Waals surface area contributed by atoms with Crippen molar-refractivity contribution in [3.63, 3.8) is 0 Å². The molecule has 4 atom stereocenters. The van der Waals surface area contributed by atoms with Gasteiger partial charge in [-0.05, 0) is 13.0 Å². The maximum absolute atomic E-state index is 12.9. The monoisotopic (exact) mass is 350 g/mol. The Bertz CT molecular complexity index is 772. The van der Waals surface area contributed by atoms with Crippen molar-refractivity contribution in [2.24, 2.45) is 0 Å². The van der Waals surface area contributed by atoms with Gasteiger partial charge in [0.2, 0.25) is 5.78 Å². The van der Waals surface area contributed by atoms with E-state index in [4.69, 9.17) is 4.74 Å². The summed E-state index contributed by atoms with van der Waals surface area (Å²) in [5.41, 5.74) is -5.56. The van der Waals surface area contributed by atoms with E-state index in [2.05, 4.69) is 4.74 Å². The van der Waals surface area contributed by atoms with Crippen LogP contribution in [-0.4, -0.2) is 63.4 Å². The van der Waals surface area contributed by atoms with Gasteiger partial charge < -0.3 is 24.8 Å². The molecule has 25 heavy (non-hydrogen) atoms. The zero-order chi connectivity index (χ0) is 18.6. The standard InChI is InChI=1S/C17H18O8/c1-8-17(23)15(21)13-10(4-3-5-11(13)18)14(20)16(17,22)7-9(25-8)6-12(19)24-2/h3-5,8-9,18,22-23H,6-7H2,1-2H3/t8-,9-,16+,17-/m0/s1. The Labute approximate surface area is 143 Å².